The molecule has 10 heteroatoms. The summed E-state index contributed by atoms with van der Waals surface area (Å²) in [5.41, 5.74) is 0.640. The van der Waals surface area contributed by atoms with E-state index in [0.29, 0.717) is 10.6 Å². The topological polar surface area (TPSA) is 75.7 Å². The van der Waals surface area contributed by atoms with Crippen LogP contribution in [0.5, 0.6) is 5.75 Å². The third-order valence-corrected chi connectivity index (χ3v) is 6.15. The lowest BCUT2D eigenvalue weighted by atomic mass is 10.1. The van der Waals surface area contributed by atoms with E-state index in [-0.39, 0.29) is 28.4 Å². The third kappa shape index (κ3) is 5.35. The number of halogens is 3. The van der Waals surface area contributed by atoms with E-state index in [0.717, 1.165) is 12.1 Å². The monoisotopic (exact) mass is 480 g/mol. The van der Waals surface area contributed by atoms with Crippen molar-refractivity contribution in [2.75, 3.05) is 18.9 Å². The fourth-order valence-corrected chi connectivity index (χ4v) is 4.24. The molecule has 32 heavy (non-hydrogen) atoms. The van der Waals surface area contributed by atoms with Crippen molar-refractivity contribution in [3.8, 4) is 5.75 Å². The average molecular weight is 481 g/mol. The van der Waals surface area contributed by atoms with Crippen LogP contribution in [0.2, 0.25) is 5.02 Å². The van der Waals surface area contributed by atoms with E-state index in [2.05, 4.69) is 4.72 Å². The molecule has 1 N–H and O–H groups in total. The predicted molar refractivity (Wildman–Crippen MR) is 117 cm³/mol. The SMILES string of the molecule is COc1ccc(Cl)cc1NS(=O)(=O)c1cccc(C(=O)N(C)Cc2ccc(F)c(F)c2)c1. The molecule has 3 rings (SSSR count). The minimum Gasteiger partial charge on any atom is -0.495 e. The van der Waals surface area contributed by atoms with Crippen LogP contribution < -0.4 is 9.46 Å². The maximum atomic E-state index is 13.4. The lowest BCUT2D eigenvalue weighted by Gasteiger charge is -2.18. The van der Waals surface area contributed by atoms with Crippen molar-refractivity contribution in [1.82, 2.24) is 4.90 Å². The Bertz CT molecular complexity index is 1270. The second-order valence-corrected chi connectivity index (χ2v) is 9.01. The van der Waals surface area contributed by atoms with E-state index in [1.165, 1.54) is 61.5 Å². The Hall–Kier alpha value is -3.17. The van der Waals surface area contributed by atoms with E-state index in [1.807, 2.05) is 0 Å². The molecule has 0 bridgehead atoms. The van der Waals surface area contributed by atoms with Crippen molar-refractivity contribution in [3.63, 3.8) is 0 Å². The number of amides is 1. The number of hydrogen-bond donors (Lipinski definition) is 1. The number of rotatable bonds is 7. The van der Waals surface area contributed by atoms with Crippen molar-refractivity contribution in [3.05, 3.63) is 88.4 Å². The van der Waals surface area contributed by atoms with Crippen LogP contribution in [0.1, 0.15) is 15.9 Å². The van der Waals surface area contributed by atoms with Crippen molar-refractivity contribution >= 4 is 33.2 Å². The van der Waals surface area contributed by atoms with Gasteiger partial charge in [0.15, 0.2) is 11.6 Å². The third-order valence-electron chi connectivity index (χ3n) is 4.55. The van der Waals surface area contributed by atoms with Gasteiger partial charge in [-0.15, -0.1) is 0 Å². The number of methoxy groups -OCH3 is 1. The number of carbonyl (C=O) groups excluding carboxylic acids is 1. The van der Waals surface area contributed by atoms with Crippen molar-refractivity contribution < 1.29 is 26.7 Å². The molecule has 168 valence electrons. The first kappa shape index (κ1) is 23.5. The molecule has 0 saturated heterocycles. The van der Waals surface area contributed by atoms with Gasteiger partial charge in [0.25, 0.3) is 15.9 Å². The van der Waals surface area contributed by atoms with Crippen LogP contribution in [0, 0.1) is 11.6 Å². The zero-order valence-corrected chi connectivity index (χ0v) is 18.7. The maximum Gasteiger partial charge on any atom is 0.262 e. The summed E-state index contributed by atoms with van der Waals surface area (Å²) in [7, 11) is -1.20. The molecule has 1 amide bonds. The average Bonchev–Trinajstić information content (AvgIpc) is 2.76. The van der Waals surface area contributed by atoms with E-state index in [9.17, 15) is 22.0 Å². The Morgan fingerprint density at radius 3 is 2.50 bits per heavy atom. The second kappa shape index (κ2) is 9.54. The van der Waals surface area contributed by atoms with Crippen molar-refractivity contribution in [1.29, 1.82) is 0 Å². The normalized spacial score (nSPS) is 11.2. The molecule has 0 atom stereocenters. The summed E-state index contributed by atoms with van der Waals surface area (Å²) in [4.78, 5) is 13.9. The molecular weight excluding hydrogens is 462 g/mol. The van der Waals surface area contributed by atoms with Gasteiger partial charge in [-0.05, 0) is 54.1 Å². The lowest BCUT2D eigenvalue weighted by molar-refractivity contribution is 0.0784. The highest BCUT2D eigenvalue weighted by atomic mass is 35.5. The summed E-state index contributed by atoms with van der Waals surface area (Å²) >= 11 is 5.95. The van der Waals surface area contributed by atoms with Crippen LogP contribution in [0.3, 0.4) is 0 Å². The van der Waals surface area contributed by atoms with Gasteiger partial charge >= 0.3 is 0 Å². The van der Waals surface area contributed by atoms with Crippen LogP contribution in [0.25, 0.3) is 0 Å². The van der Waals surface area contributed by atoms with Gasteiger partial charge in [-0.25, -0.2) is 17.2 Å². The molecule has 0 aliphatic rings. The zero-order chi connectivity index (χ0) is 23.5. The summed E-state index contributed by atoms with van der Waals surface area (Å²) in [6.45, 7) is 0.00493. The van der Waals surface area contributed by atoms with Crippen LogP contribution in [-0.4, -0.2) is 33.4 Å². The number of sulfonamides is 1. The summed E-state index contributed by atoms with van der Waals surface area (Å²) in [5, 5.41) is 0.311. The Morgan fingerprint density at radius 2 is 1.81 bits per heavy atom. The van der Waals surface area contributed by atoms with Gasteiger partial charge in [0, 0.05) is 24.2 Å². The molecule has 0 fully saturated rings. The molecule has 6 nitrogen and oxygen atoms in total. The number of hydrogen-bond acceptors (Lipinski definition) is 4. The first-order valence-corrected chi connectivity index (χ1v) is 11.1. The fraction of sp³-hybridized carbons (Fsp3) is 0.136. The number of carbonyl (C=O) groups is 1. The highest BCUT2D eigenvalue weighted by Gasteiger charge is 2.20. The van der Waals surface area contributed by atoms with Crippen LogP contribution >= 0.6 is 11.6 Å². The molecule has 0 unspecified atom stereocenters. The van der Waals surface area contributed by atoms with Gasteiger partial charge in [-0.1, -0.05) is 23.7 Å². The first-order valence-electron chi connectivity index (χ1n) is 9.26. The Labute approximate surface area is 189 Å². The van der Waals surface area contributed by atoms with E-state index < -0.39 is 27.6 Å². The number of nitrogens with zero attached hydrogens (tertiary/aromatic N) is 1. The van der Waals surface area contributed by atoms with E-state index in [4.69, 9.17) is 16.3 Å². The van der Waals surface area contributed by atoms with Crippen molar-refractivity contribution in [2.24, 2.45) is 0 Å². The predicted octanol–water partition coefficient (Wildman–Crippen LogP) is 4.70. The molecule has 0 saturated carbocycles. The van der Waals surface area contributed by atoms with Gasteiger partial charge in [-0.3, -0.25) is 9.52 Å². The molecule has 3 aromatic rings. The summed E-state index contributed by atoms with van der Waals surface area (Å²) in [6.07, 6.45) is 0. The molecule has 0 spiro atoms. The Morgan fingerprint density at radius 1 is 1.06 bits per heavy atom. The Balaban J connectivity index is 1.82. The zero-order valence-electron chi connectivity index (χ0n) is 17.1. The van der Waals surface area contributed by atoms with E-state index >= 15 is 0 Å². The number of anilines is 1. The molecule has 0 heterocycles. The van der Waals surface area contributed by atoms with Gasteiger partial charge < -0.3 is 9.64 Å². The lowest BCUT2D eigenvalue weighted by Crippen LogP contribution is -2.26. The quantitative estimate of drug-likeness (QED) is 0.532. The molecule has 0 radical (unpaired) electrons. The molecule has 0 aliphatic carbocycles. The smallest absolute Gasteiger partial charge is 0.262 e. The molecule has 3 aromatic carbocycles. The standard InChI is InChI=1S/C22H19ClF2N2O4S/c1-27(13-14-6-8-18(24)19(25)10-14)22(28)15-4-3-5-17(11-15)32(29,30)26-20-12-16(23)7-9-21(20)31-2/h3-12,26H,13H2,1-2H3. The largest absolute Gasteiger partial charge is 0.495 e. The summed E-state index contributed by atoms with van der Waals surface area (Å²) in [5.74, 6) is -2.22. The Kier molecular flexibility index (Phi) is 7.00. The van der Waals surface area contributed by atoms with Gasteiger partial charge in [-0.2, -0.15) is 0 Å². The fourth-order valence-electron chi connectivity index (χ4n) is 2.96. The highest BCUT2D eigenvalue weighted by Crippen LogP contribution is 2.30. The minimum atomic E-state index is -4.06. The summed E-state index contributed by atoms with van der Waals surface area (Å²) < 4.78 is 59.8. The molecular formula is C22H19ClF2N2O4S. The van der Waals surface area contributed by atoms with Gasteiger partial charge in [0.1, 0.15) is 5.75 Å². The van der Waals surface area contributed by atoms with Gasteiger partial charge in [0.2, 0.25) is 0 Å². The van der Waals surface area contributed by atoms with E-state index in [1.54, 1.807) is 6.07 Å². The van der Waals surface area contributed by atoms with Crippen LogP contribution in [0.15, 0.2) is 65.6 Å². The second-order valence-electron chi connectivity index (χ2n) is 6.89. The highest BCUT2D eigenvalue weighted by molar-refractivity contribution is 7.92. The maximum absolute atomic E-state index is 13.4. The minimum absolute atomic E-state index is 0.00493. The number of benzene rings is 3. The first-order chi connectivity index (χ1) is 15.1. The van der Waals surface area contributed by atoms with Gasteiger partial charge in [0.05, 0.1) is 17.7 Å². The number of nitrogens with one attached hydrogen (secondary N) is 1. The molecule has 0 aromatic heterocycles. The van der Waals surface area contributed by atoms with Crippen LogP contribution in [-0.2, 0) is 16.6 Å². The van der Waals surface area contributed by atoms with Crippen LogP contribution in [0.4, 0.5) is 14.5 Å². The number of ether oxygens (including phenoxy) is 1. The molecule has 0 aliphatic heterocycles. The van der Waals surface area contributed by atoms with Crippen molar-refractivity contribution in [2.45, 2.75) is 11.4 Å². The summed E-state index contributed by atoms with van der Waals surface area (Å²) in [6, 6.07) is 13.3.